The van der Waals surface area contributed by atoms with Gasteiger partial charge >= 0.3 is 0 Å². The summed E-state index contributed by atoms with van der Waals surface area (Å²) in [5.74, 6) is -0.209. The van der Waals surface area contributed by atoms with Crippen molar-refractivity contribution in [1.29, 1.82) is 0 Å². The van der Waals surface area contributed by atoms with Crippen molar-refractivity contribution in [3.63, 3.8) is 0 Å². The van der Waals surface area contributed by atoms with Gasteiger partial charge in [0, 0.05) is 17.3 Å². The van der Waals surface area contributed by atoms with Crippen LogP contribution in [0.15, 0.2) is 36.5 Å². The van der Waals surface area contributed by atoms with E-state index in [1.165, 1.54) is 12.3 Å². The Labute approximate surface area is 143 Å². The number of phenols is 1. The number of phenolic OH excluding ortho intramolecular Hbond substituents is 1. The summed E-state index contributed by atoms with van der Waals surface area (Å²) in [7, 11) is 0. The van der Waals surface area contributed by atoms with Gasteiger partial charge in [0.1, 0.15) is 11.6 Å². The summed E-state index contributed by atoms with van der Waals surface area (Å²) >= 11 is 0. The molecule has 8 nitrogen and oxygen atoms in total. The molecule has 8 heteroatoms. The molecule has 0 atom stereocenters. The number of nitrogen functional groups attached to an aromatic ring is 2. The molecule has 2 aromatic heterocycles. The van der Waals surface area contributed by atoms with Crippen LogP contribution < -0.4 is 17.2 Å². The summed E-state index contributed by atoms with van der Waals surface area (Å²) in [6, 6.07) is 8.03. The second-order valence-corrected chi connectivity index (χ2v) is 5.49. The van der Waals surface area contributed by atoms with Crippen LogP contribution in [0.1, 0.15) is 16.1 Å². The fourth-order valence-corrected chi connectivity index (χ4v) is 2.44. The number of nitrogens with two attached hydrogens (primary N) is 3. The van der Waals surface area contributed by atoms with Crippen LogP contribution in [0.3, 0.4) is 0 Å². The third-order valence-electron chi connectivity index (χ3n) is 3.69. The van der Waals surface area contributed by atoms with Gasteiger partial charge in [-0.25, -0.2) is 15.0 Å². The number of pyridine rings is 1. The maximum Gasteiger partial charge on any atom is 0.269 e. The van der Waals surface area contributed by atoms with E-state index in [1.807, 2.05) is 6.92 Å². The van der Waals surface area contributed by atoms with Crippen molar-refractivity contribution >= 4 is 17.4 Å². The van der Waals surface area contributed by atoms with Crippen molar-refractivity contribution < 1.29 is 9.90 Å². The molecular formula is C17H16N6O2. The van der Waals surface area contributed by atoms with E-state index in [0.29, 0.717) is 16.8 Å². The number of aromatic nitrogens is 3. The zero-order valence-electron chi connectivity index (χ0n) is 13.4. The molecule has 0 aliphatic carbocycles. The number of primary amides is 1. The lowest BCUT2D eigenvalue weighted by atomic mass is 10.0. The molecule has 1 aromatic carbocycles. The van der Waals surface area contributed by atoms with Crippen LogP contribution in [0, 0.1) is 6.92 Å². The van der Waals surface area contributed by atoms with Crippen molar-refractivity contribution in [3.8, 4) is 28.4 Å². The Kier molecular flexibility index (Phi) is 3.94. The summed E-state index contributed by atoms with van der Waals surface area (Å²) in [5.41, 5.74) is 19.4. The molecule has 7 N–H and O–H groups in total. The molecule has 3 rings (SSSR count). The van der Waals surface area contributed by atoms with Crippen LogP contribution in [-0.4, -0.2) is 26.0 Å². The lowest BCUT2D eigenvalue weighted by Gasteiger charge is -2.13. The molecule has 0 spiro atoms. The highest BCUT2D eigenvalue weighted by atomic mass is 16.3. The number of aromatic hydroxyl groups is 1. The second kappa shape index (κ2) is 6.08. The Morgan fingerprint density at radius 2 is 1.88 bits per heavy atom. The molecule has 126 valence electrons. The molecule has 1 amide bonds. The van der Waals surface area contributed by atoms with Gasteiger partial charge in [0.2, 0.25) is 0 Å². The lowest BCUT2D eigenvalue weighted by molar-refractivity contribution is 0.0996. The van der Waals surface area contributed by atoms with E-state index < -0.39 is 5.91 Å². The Morgan fingerprint density at radius 3 is 2.56 bits per heavy atom. The van der Waals surface area contributed by atoms with E-state index in [1.54, 1.807) is 24.3 Å². The van der Waals surface area contributed by atoms with Gasteiger partial charge in [-0.05, 0) is 36.8 Å². The summed E-state index contributed by atoms with van der Waals surface area (Å²) in [4.78, 5) is 24.3. The zero-order chi connectivity index (χ0) is 18.1. The zero-order valence-corrected chi connectivity index (χ0v) is 13.4. The molecule has 0 radical (unpaired) electrons. The first-order valence-electron chi connectivity index (χ1n) is 7.36. The average Bonchev–Trinajstić information content (AvgIpc) is 2.57. The Hall–Kier alpha value is -3.68. The van der Waals surface area contributed by atoms with Gasteiger partial charge in [-0.3, -0.25) is 4.79 Å². The predicted molar refractivity (Wildman–Crippen MR) is 94.4 cm³/mol. The van der Waals surface area contributed by atoms with Crippen LogP contribution in [0.25, 0.3) is 22.6 Å². The molecule has 0 fully saturated rings. The highest BCUT2D eigenvalue weighted by Gasteiger charge is 2.19. The number of anilines is 2. The molecular weight excluding hydrogens is 320 g/mol. The summed E-state index contributed by atoms with van der Waals surface area (Å²) in [6.07, 6.45) is 1.51. The number of hydrogen-bond acceptors (Lipinski definition) is 7. The second-order valence-electron chi connectivity index (χ2n) is 5.49. The highest BCUT2D eigenvalue weighted by Crippen LogP contribution is 2.33. The van der Waals surface area contributed by atoms with Crippen molar-refractivity contribution in [2.24, 2.45) is 5.73 Å². The first kappa shape index (κ1) is 16.2. The van der Waals surface area contributed by atoms with Crippen LogP contribution in [-0.2, 0) is 0 Å². The topological polar surface area (TPSA) is 154 Å². The first-order valence-corrected chi connectivity index (χ1v) is 7.36. The standard InChI is InChI=1S/C17H16N6O2/c1-8-2-3-10(24)7-11(8)14-13(19)15(16(20)25)23-17(22-14)9-4-5-21-12(18)6-9/h2-7,24H,19H2,1H3,(H2,18,21)(H2,20,25). The summed E-state index contributed by atoms with van der Waals surface area (Å²) in [5, 5.41) is 9.79. The predicted octanol–water partition coefficient (Wildman–Crippen LogP) is 1.48. The summed E-state index contributed by atoms with van der Waals surface area (Å²) < 4.78 is 0. The molecule has 25 heavy (non-hydrogen) atoms. The smallest absolute Gasteiger partial charge is 0.269 e. The van der Waals surface area contributed by atoms with E-state index in [4.69, 9.17) is 17.2 Å². The number of aryl methyl sites for hydroxylation is 1. The van der Waals surface area contributed by atoms with Gasteiger partial charge in [-0.1, -0.05) is 6.07 Å². The number of amides is 1. The quantitative estimate of drug-likeness (QED) is 0.564. The molecule has 0 saturated carbocycles. The Morgan fingerprint density at radius 1 is 1.12 bits per heavy atom. The third-order valence-corrected chi connectivity index (χ3v) is 3.69. The Bertz CT molecular complexity index is 987. The van der Waals surface area contributed by atoms with Crippen molar-refractivity contribution in [3.05, 3.63) is 47.8 Å². The van der Waals surface area contributed by atoms with E-state index >= 15 is 0 Å². The number of carbonyl (C=O) groups is 1. The minimum Gasteiger partial charge on any atom is -0.508 e. The van der Waals surface area contributed by atoms with Crippen LogP contribution in [0.4, 0.5) is 11.5 Å². The highest BCUT2D eigenvalue weighted by molar-refractivity contribution is 5.99. The van der Waals surface area contributed by atoms with Crippen molar-refractivity contribution in [1.82, 2.24) is 15.0 Å². The summed E-state index contributed by atoms with van der Waals surface area (Å²) in [6.45, 7) is 1.84. The molecule has 0 aliphatic rings. The monoisotopic (exact) mass is 336 g/mol. The van der Waals surface area contributed by atoms with E-state index in [0.717, 1.165) is 5.56 Å². The van der Waals surface area contributed by atoms with Gasteiger partial charge < -0.3 is 22.3 Å². The average molecular weight is 336 g/mol. The number of rotatable bonds is 3. The number of carbonyl (C=O) groups excluding carboxylic acids is 1. The van der Waals surface area contributed by atoms with Gasteiger partial charge in [-0.2, -0.15) is 0 Å². The largest absolute Gasteiger partial charge is 0.508 e. The molecule has 0 aliphatic heterocycles. The maximum absolute atomic E-state index is 11.8. The molecule has 0 bridgehead atoms. The maximum atomic E-state index is 11.8. The van der Waals surface area contributed by atoms with Crippen molar-refractivity contribution in [2.75, 3.05) is 11.5 Å². The van der Waals surface area contributed by atoms with E-state index in [9.17, 15) is 9.90 Å². The Balaban J connectivity index is 2.31. The van der Waals surface area contributed by atoms with Gasteiger partial charge in [0.05, 0.1) is 11.4 Å². The molecule has 0 saturated heterocycles. The van der Waals surface area contributed by atoms with Gasteiger partial charge in [0.25, 0.3) is 5.91 Å². The normalized spacial score (nSPS) is 10.6. The van der Waals surface area contributed by atoms with Gasteiger partial charge in [-0.15, -0.1) is 0 Å². The van der Waals surface area contributed by atoms with Crippen LogP contribution in [0.2, 0.25) is 0 Å². The van der Waals surface area contributed by atoms with E-state index in [2.05, 4.69) is 15.0 Å². The van der Waals surface area contributed by atoms with Crippen LogP contribution in [0.5, 0.6) is 5.75 Å². The van der Waals surface area contributed by atoms with Gasteiger partial charge in [0.15, 0.2) is 11.5 Å². The van der Waals surface area contributed by atoms with Crippen molar-refractivity contribution in [2.45, 2.75) is 6.92 Å². The number of hydrogen-bond donors (Lipinski definition) is 4. The molecule has 3 aromatic rings. The fourth-order valence-electron chi connectivity index (χ4n) is 2.44. The minimum absolute atomic E-state index is 0.0481. The fraction of sp³-hybridized carbons (Fsp3) is 0.0588. The lowest BCUT2D eigenvalue weighted by Crippen LogP contribution is -2.18. The molecule has 0 unspecified atom stereocenters. The molecule has 2 heterocycles. The number of nitrogens with zero attached hydrogens (tertiary/aromatic N) is 3. The minimum atomic E-state index is -0.776. The third kappa shape index (κ3) is 3.05. The van der Waals surface area contributed by atoms with E-state index in [-0.39, 0.29) is 28.8 Å². The van der Waals surface area contributed by atoms with Crippen LogP contribution >= 0.6 is 0 Å². The first-order chi connectivity index (χ1) is 11.9. The number of benzene rings is 1. The SMILES string of the molecule is Cc1ccc(O)cc1-c1nc(-c2ccnc(N)c2)nc(C(N)=O)c1N.